The van der Waals surface area contributed by atoms with Gasteiger partial charge in [0, 0.05) is 0 Å². The molecule has 0 aliphatic carbocycles. The smallest absolute Gasteiger partial charge is 0.322 e. The minimum Gasteiger partial charge on any atom is -0.468 e. The molecule has 1 saturated heterocycles. The summed E-state index contributed by atoms with van der Waals surface area (Å²) >= 11 is 1.73. The fraction of sp³-hybridized carbons (Fsp3) is 0.467. The van der Waals surface area contributed by atoms with E-state index >= 15 is 0 Å². The van der Waals surface area contributed by atoms with E-state index in [1.165, 1.54) is 11.8 Å². The maximum Gasteiger partial charge on any atom is 0.322 e. The molecule has 5 heteroatoms. The van der Waals surface area contributed by atoms with Crippen molar-refractivity contribution in [1.29, 1.82) is 0 Å². The second-order valence-electron chi connectivity index (χ2n) is 5.11. The summed E-state index contributed by atoms with van der Waals surface area (Å²) in [6.07, 6.45) is 2.16. The molecule has 0 spiro atoms. The molecule has 0 N–H and O–H groups in total. The number of likely N-dealkylation sites (tertiary alicyclic amines) is 1. The molecule has 2 unspecified atom stereocenters. The monoisotopic (exact) mass is 290 g/mol. The van der Waals surface area contributed by atoms with Crippen LogP contribution in [-0.2, 0) is 9.53 Å². The average molecular weight is 290 g/mol. The number of esters is 1. The van der Waals surface area contributed by atoms with Crippen LogP contribution in [0.15, 0.2) is 24.3 Å². The van der Waals surface area contributed by atoms with Crippen LogP contribution < -0.4 is 0 Å². The van der Waals surface area contributed by atoms with Crippen LogP contribution in [0, 0.1) is 0 Å². The fourth-order valence-electron chi connectivity index (χ4n) is 2.86. The van der Waals surface area contributed by atoms with E-state index < -0.39 is 0 Å². The van der Waals surface area contributed by atoms with Gasteiger partial charge in [-0.2, -0.15) is 0 Å². The Bertz CT molecular complexity index is 592. The molecule has 2 atom stereocenters. The molecule has 1 aromatic carbocycles. The summed E-state index contributed by atoms with van der Waals surface area (Å²) in [5, 5.41) is 1.11. The summed E-state index contributed by atoms with van der Waals surface area (Å²) < 4.78 is 6.08. The first-order valence-electron chi connectivity index (χ1n) is 6.89. The van der Waals surface area contributed by atoms with Gasteiger partial charge in [0.25, 0.3) is 0 Å². The highest BCUT2D eigenvalue weighted by atomic mass is 32.1. The zero-order valence-electron chi connectivity index (χ0n) is 11.7. The van der Waals surface area contributed by atoms with Crippen LogP contribution in [-0.4, -0.2) is 35.5 Å². The number of hydrogen-bond acceptors (Lipinski definition) is 5. The molecule has 0 saturated carbocycles. The number of benzene rings is 1. The third-order valence-corrected chi connectivity index (χ3v) is 5.07. The average Bonchev–Trinajstić information content (AvgIpc) is 3.10. The van der Waals surface area contributed by atoms with Gasteiger partial charge in [0.15, 0.2) is 0 Å². The van der Waals surface area contributed by atoms with Crippen LogP contribution >= 0.6 is 11.3 Å². The second kappa shape index (κ2) is 5.50. The standard InChI is InChI=1S/C15H18N2O2S/c1-10(15(18)19-2)17-9-5-7-12(17)14-16-11-6-3-4-8-13(11)20-14/h3-4,6,8,10,12H,5,7,9H2,1-2H3. The van der Waals surface area contributed by atoms with Gasteiger partial charge in [-0.3, -0.25) is 9.69 Å². The van der Waals surface area contributed by atoms with Gasteiger partial charge in [-0.25, -0.2) is 4.98 Å². The second-order valence-corrected chi connectivity index (χ2v) is 6.18. The summed E-state index contributed by atoms with van der Waals surface area (Å²) in [7, 11) is 1.45. The first kappa shape index (κ1) is 13.5. The number of ether oxygens (including phenoxy) is 1. The molecule has 0 amide bonds. The van der Waals surface area contributed by atoms with E-state index in [1.807, 2.05) is 25.1 Å². The van der Waals surface area contributed by atoms with Crippen molar-refractivity contribution in [2.75, 3.05) is 13.7 Å². The zero-order valence-corrected chi connectivity index (χ0v) is 12.5. The van der Waals surface area contributed by atoms with Gasteiger partial charge in [0.2, 0.25) is 0 Å². The SMILES string of the molecule is COC(=O)C(C)N1CCCC1c1nc2ccccc2s1. The van der Waals surface area contributed by atoms with Crippen molar-refractivity contribution in [2.24, 2.45) is 0 Å². The van der Waals surface area contributed by atoms with Gasteiger partial charge in [0.05, 0.1) is 23.4 Å². The predicted molar refractivity (Wildman–Crippen MR) is 79.8 cm³/mol. The lowest BCUT2D eigenvalue weighted by Crippen LogP contribution is -2.39. The molecule has 1 aliphatic rings. The molecular weight excluding hydrogens is 272 g/mol. The van der Waals surface area contributed by atoms with Crippen LogP contribution in [0.1, 0.15) is 30.8 Å². The Morgan fingerprint density at radius 2 is 2.30 bits per heavy atom. The van der Waals surface area contributed by atoms with Crippen LogP contribution in [0.25, 0.3) is 10.2 Å². The summed E-state index contributed by atoms with van der Waals surface area (Å²) in [6, 6.07) is 8.21. The van der Waals surface area contributed by atoms with E-state index in [2.05, 4.69) is 11.0 Å². The number of nitrogens with zero attached hydrogens (tertiary/aromatic N) is 2. The van der Waals surface area contributed by atoms with E-state index in [-0.39, 0.29) is 18.1 Å². The third-order valence-electron chi connectivity index (χ3n) is 3.93. The first-order chi connectivity index (χ1) is 9.70. The Balaban J connectivity index is 1.89. The molecular formula is C15H18N2O2S. The van der Waals surface area contributed by atoms with E-state index in [9.17, 15) is 4.79 Å². The van der Waals surface area contributed by atoms with E-state index in [4.69, 9.17) is 9.72 Å². The lowest BCUT2D eigenvalue weighted by Gasteiger charge is -2.27. The van der Waals surface area contributed by atoms with Crippen molar-refractivity contribution in [3.63, 3.8) is 0 Å². The number of fused-ring (bicyclic) bond motifs is 1. The van der Waals surface area contributed by atoms with Crippen LogP contribution in [0.4, 0.5) is 0 Å². The number of carbonyl (C=O) groups excluding carboxylic acids is 1. The molecule has 20 heavy (non-hydrogen) atoms. The lowest BCUT2D eigenvalue weighted by molar-refractivity contribution is -0.146. The van der Waals surface area contributed by atoms with E-state index in [1.54, 1.807) is 11.3 Å². The highest BCUT2D eigenvalue weighted by molar-refractivity contribution is 7.18. The summed E-state index contributed by atoms with van der Waals surface area (Å²) in [6.45, 7) is 2.84. The Labute approximate surface area is 122 Å². The predicted octanol–water partition coefficient (Wildman–Crippen LogP) is 2.99. The van der Waals surface area contributed by atoms with Crippen molar-refractivity contribution in [3.8, 4) is 0 Å². The molecule has 2 aromatic rings. The van der Waals surface area contributed by atoms with Crippen LogP contribution in [0.2, 0.25) is 0 Å². The van der Waals surface area contributed by atoms with Gasteiger partial charge in [0.1, 0.15) is 11.0 Å². The van der Waals surface area contributed by atoms with Crippen molar-refractivity contribution < 1.29 is 9.53 Å². The Kier molecular flexibility index (Phi) is 3.72. The summed E-state index contributed by atoms with van der Waals surface area (Å²) in [5.41, 5.74) is 1.05. The Morgan fingerprint density at radius 3 is 3.05 bits per heavy atom. The van der Waals surface area contributed by atoms with Crippen molar-refractivity contribution in [2.45, 2.75) is 31.8 Å². The molecule has 1 aromatic heterocycles. The van der Waals surface area contributed by atoms with E-state index in [0.29, 0.717) is 0 Å². The largest absolute Gasteiger partial charge is 0.468 e. The number of hydrogen-bond donors (Lipinski definition) is 0. The summed E-state index contributed by atoms with van der Waals surface area (Å²) in [4.78, 5) is 18.7. The molecule has 1 fully saturated rings. The molecule has 1 aliphatic heterocycles. The normalized spacial score (nSPS) is 21.2. The van der Waals surface area contributed by atoms with Crippen molar-refractivity contribution in [3.05, 3.63) is 29.3 Å². The first-order valence-corrected chi connectivity index (χ1v) is 7.71. The van der Waals surface area contributed by atoms with Crippen molar-refractivity contribution in [1.82, 2.24) is 9.88 Å². The van der Waals surface area contributed by atoms with Gasteiger partial charge < -0.3 is 4.74 Å². The maximum atomic E-state index is 11.8. The molecule has 4 nitrogen and oxygen atoms in total. The number of thiazole rings is 1. The van der Waals surface area contributed by atoms with Gasteiger partial charge in [-0.1, -0.05) is 12.1 Å². The molecule has 2 heterocycles. The highest BCUT2D eigenvalue weighted by Crippen LogP contribution is 2.37. The Hall–Kier alpha value is -1.46. The zero-order chi connectivity index (χ0) is 14.1. The molecule has 0 radical (unpaired) electrons. The van der Waals surface area contributed by atoms with Gasteiger partial charge in [-0.05, 0) is 38.4 Å². The molecule has 106 valence electrons. The minimum atomic E-state index is -0.209. The third kappa shape index (κ3) is 2.31. The number of para-hydroxylation sites is 1. The quantitative estimate of drug-likeness (QED) is 0.815. The molecule has 3 rings (SSSR count). The topological polar surface area (TPSA) is 42.4 Å². The maximum absolute atomic E-state index is 11.8. The van der Waals surface area contributed by atoms with Crippen LogP contribution in [0.5, 0.6) is 0 Å². The highest BCUT2D eigenvalue weighted by Gasteiger charge is 2.35. The summed E-state index contributed by atoms with van der Waals surface area (Å²) in [5.74, 6) is -0.169. The van der Waals surface area contributed by atoms with Gasteiger partial charge >= 0.3 is 5.97 Å². The van der Waals surface area contributed by atoms with E-state index in [0.717, 1.165) is 29.9 Å². The number of methoxy groups -OCH3 is 1. The van der Waals surface area contributed by atoms with Gasteiger partial charge in [-0.15, -0.1) is 11.3 Å². The molecule has 0 bridgehead atoms. The number of aromatic nitrogens is 1. The number of carbonyl (C=O) groups is 1. The fourth-order valence-corrected chi connectivity index (χ4v) is 3.98. The number of rotatable bonds is 3. The minimum absolute atomic E-state index is 0.169. The lowest BCUT2D eigenvalue weighted by atomic mass is 10.2. The van der Waals surface area contributed by atoms with Crippen molar-refractivity contribution >= 4 is 27.5 Å². The Morgan fingerprint density at radius 1 is 1.50 bits per heavy atom. The van der Waals surface area contributed by atoms with Crippen LogP contribution in [0.3, 0.4) is 0 Å².